The molecular weight excluding hydrogens is 168 g/mol. The Kier molecular flexibility index (Phi) is 5.48. The van der Waals surface area contributed by atoms with Gasteiger partial charge in [0, 0.05) is 17.5 Å². The second-order valence-electron chi connectivity index (χ2n) is 3.58. The highest BCUT2D eigenvalue weighted by Crippen LogP contribution is 2.26. The largest absolute Gasteiger partial charge is 0.396 e. The number of hydrogen-bond donors (Lipinski definition) is 4. The van der Waals surface area contributed by atoms with Crippen LogP contribution in [0, 0.1) is 5.41 Å². The lowest BCUT2D eigenvalue weighted by molar-refractivity contribution is 0.00891. The molecule has 0 rings (SSSR count). The molecule has 0 aromatic carbocycles. The second-order valence-corrected chi connectivity index (χ2v) is 3.58. The molecule has 0 aliphatic carbocycles. The summed E-state index contributed by atoms with van der Waals surface area (Å²) in [4.78, 5) is 0. The zero-order chi connectivity index (χ0) is 10.5. The molecule has 2 atom stereocenters. The van der Waals surface area contributed by atoms with Gasteiger partial charge in [-0.05, 0) is 12.8 Å². The van der Waals surface area contributed by atoms with Crippen molar-refractivity contribution in [3.8, 4) is 0 Å². The van der Waals surface area contributed by atoms with Crippen molar-refractivity contribution in [3.05, 3.63) is 0 Å². The Balaban J connectivity index is 4.67. The molecule has 4 heteroatoms. The van der Waals surface area contributed by atoms with Crippen LogP contribution in [0.25, 0.3) is 0 Å². The van der Waals surface area contributed by atoms with E-state index in [1.807, 2.05) is 13.8 Å². The van der Waals surface area contributed by atoms with E-state index in [2.05, 4.69) is 0 Å². The standard InChI is InChI=1S/C9H22N2O2/c1-3-7(10)9(5-12,6-13)8(11)4-2/h7-8,12-13H,3-6,10-11H2,1-2H3. The number of rotatable bonds is 6. The minimum absolute atomic E-state index is 0.159. The molecule has 0 aromatic rings. The molecule has 6 N–H and O–H groups in total. The molecular formula is C9H22N2O2. The van der Waals surface area contributed by atoms with Gasteiger partial charge in [0.1, 0.15) is 0 Å². The van der Waals surface area contributed by atoms with Crippen LogP contribution in [0.2, 0.25) is 0 Å². The van der Waals surface area contributed by atoms with Gasteiger partial charge in [-0.15, -0.1) is 0 Å². The lowest BCUT2D eigenvalue weighted by Gasteiger charge is -2.40. The zero-order valence-corrected chi connectivity index (χ0v) is 8.53. The summed E-state index contributed by atoms with van der Waals surface area (Å²) in [7, 11) is 0. The Hall–Kier alpha value is -0.160. The van der Waals surface area contributed by atoms with Crippen LogP contribution >= 0.6 is 0 Å². The van der Waals surface area contributed by atoms with Crippen LogP contribution in [0.3, 0.4) is 0 Å². The fourth-order valence-corrected chi connectivity index (χ4v) is 1.61. The SMILES string of the molecule is CCC(N)C(CO)(CO)C(N)CC. The second kappa shape index (κ2) is 5.54. The number of hydrogen-bond acceptors (Lipinski definition) is 4. The lowest BCUT2D eigenvalue weighted by atomic mass is 9.73. The van der Waals surface area contributed by atoms with E-state index in [4.69, 9.17) is 11.5 Å². The van der Waals surface area contributed by atoms with Crippen molar-refractivity contribution in [1.29, 1.82) is 0 Å². The van der Waals surface area contributed by atoms with Gasteiger partial charge in [-0.1, -0.05) is 13.8 Å². The van der Waals surface area contributed by atoms with E-state index in [-0.39, 0.29) is 25.3 Å². The summed E-state index contributed by atoms with van der Waals surface area (Å²) >= 11 is 0. The summed E-state index contributed by atoms with van der Waals surface area (Å²) in [6, 6.07) is -0.505. The molecule has 0 aromatic heterocycles. The summed E-state index contributed by atoms with van der Waals surface area (Å²) < 4.78 is 0. The van der Waals surface area contributed by atoms with Gasteiger partial charge < -0.3 is 21.7 Å². The minimum Gasteiger partial charge on any atom is -0.396 e. The third kappa shape index (κ3) is 2.40. The highest BCUT2D eigenvalue weighted by molar-refractivity contribution is 4.95. The first-order valence-electron chi connectivity index (χ1n) is 4.81. The van der Waals surface area contributed by atoms with E-state index in [1.165, 1.54) is 0 Å². The van der Waals surface area contributed by atoms with E-state index in [1.54, 1.807) is 0 Å². The first-order chi connectivity index (χ1) is 6.08. The van der Waals surface area contributed by atoms with E-state index >= 15 is 0 Å². The van der Waals surface area contributed by atoms with Crippen molar-refractivity contribution in [2.45, 2.75) is 38.8 Å². The van der Waals surface area contributed by atoms with Gasteiger partial charge in [0.05, 0.1) is 13.2 Å². The lowest BCUT2D eigenvalue weighted by Crippen LogP contribution is -2.57. The summed E-state index contributed by atoms with van der Waals surface area (Å²) in [6.07, 6.45) is 1.41. The van der Waals surface area contributed by atoms with Crippen LogP contribution < -0.4 is 11.5 Å². The Labute approximate surface area is 79.9 Å². The van der Waals surface area contributed by atoms with Crippen molar-refractivity contribution >= 4 is 0 Å². The molecule has 2 unspecified atom stereocenters. The maximum atomic E-state index is 9.26. The number of aliphatic hydroxyl groups is 2. The summed E-state index contributed by atoms with van der Waals surface area (Å²) in [6.45, 7) is 3.53. The Morgan fingerprint density at radius 3 is 1.46 bits per heavy atom. The average Bonchev–Trinajstić information content (AvgIpc) is 2.19. The fourth-order valence-electron chi connectivity index (χ4n) is 1.61. The number of nitrogens with two attached hydrogens (primary N) is 2. The maximum Gasteiger partial charge on any atom is 0.0539 e. The summed E-state index contributed by atoms with van der Waals surface area (Å²) in [5.74, 6) is 0. The third-order valence-electron chi connectivity index (χ3n) is 2.95. The summed E-state index contributed by atoms with van der Waals surface area (Å²) in [5.41, 5.74) is 11.0. The highest BCUT2D eigenvalue weighted by atomic mass is 16.3. The molecule has 0 heterocycles. The molecule has 0 radical (unpaired) electrons. The van der Waals surface area contributed by atoms with Crippen molar-refractivity contribution in [3.63, 3.8) is 0 Å². The van der Waals surface area contributed by atoms with Crippen molar-refractivity contribution < 1.29 is 10.2 Å². The van der Waals surface area contributed by atoms with E-state index in [0.29, 0.717) is 12.8 Å². The fraction of sp³-hybridized carbons (Fsp3) is 1.00. The molecule has 0 saturated heterocycles. The van der Waals surface area contributed by atoms with E-state index in [9.17, 15) is 10.2 Å². The molecule has 0 amide bonds. The molecule has 0 aliphatic heterocycles. The average molecular weight is 190 g/mol. The molecule has 0 aliphatic rings. The van der Waals surface area contributed by atoms with Gasteiger partial charge in [0.15, 0.2) is 0 Å². The molecule has 80 valence electrons. The van der Waals surface area contributed by atoms with Gasteiger partial charge in [0.2, 0.25) is 0 Å². The zero-order valence-electron chi connectivity index (χ0n) is 8.53. The first-order valence-corrected chi connectivity index (χ1v) is 4.81. The van der Waals surface area contributed by atoms with Gasteiger partial charge in [0.25, 0.3) is 0 Å². The topological polar surface area (TPSA) is 92.5 Å². The molecule has 0 fully saturated rings. The van der Waals surface area contributed by atoms with Crippen LogP contribution in [0.15, 0.2) is 0 Å². The Bertz CT molecular complexity index is 126. The third-order valence-corrected chi connectivity index (χ3v) is 2.95. The Morgan fingerprint density at radius 1 is 1.00 bits per heavy atom. The molecule has 0 bridgehead atoms. The van der Waals surface area contributed by atoms with Crippen LogP contribution in [0.1, 0.15) is 26.7 Å². The molecule has 13 heavy (non-hydrogen) atoms. The van der Waals surface area contributed by atoms with Crippen molar-refractivity contribution in [2.75, 3.05) is 13.2 Å². The minimum atomic E-state index is -0.733. The predicted octanol–water partition coefficient (Wildman–Crippen LogP) is -0.568. The molecule has 0 spiro atoms. The first kappa shape index (κ1) is 12.8. The quantitative estimate of drug-likeness (QED) is 0.451. The van der Waals surface area contributed by atoms with E-state index in [0.717, 1.165) is 0 Å². The highest BCUT2D eigenvalue weighted by Gasteiger charge is 2.39. The summed E-state index contributed by atoms with van der Waals surface area (Å²) in [5, 5.41) is 18.5. The van der Waals surface area contributed by atoms with Crippen molar-refractivity contribution in [1.82, 2.24) is 0 Å². The number of aliphatic hydroxyl groups excluding tert-OH is 2. The van der Waals surface area contributed by atoms with Crippen LogP contribution in [-0.2, 0) is 0 Å². The Morgan fingerprint density at radius 2 is 1.31 bits per heavy atom. The predicted molar refractivity (Wildman–Crippen MR) is 53.1 cm³/mol. The normalized spacial score (nSPS) is 17.1. The van der Waals surface area contributed by atoms with Gasteiger partial charge in [-0.2, -0.15) is 0 Å². The van der Waals surface area contributed by atoms with Gasteiger partial charge in [-0.25, -0.2) is 0 Å². The van der Waals surface area contributed by atoms with Crippen molar-refractivity contribution in [2.24, 2.45) is 16.9 Å². The van der Waals surface area contributed by atoms with Crippen LogP contribution in [0.5, 0.6) is 0 Å². The van der Waals surface area contributed by atoms with Crippen LogP contribution in [0.4, 0.5) is 0 Å². The van der Waals surface area contributed by atoms with Crippen LogP contribution in [-0.4, -0.2) is 35.5 Å². The van der Waals surface area contributed by atoms with Gasteiger partial charge >= 0.3 is 0 Å². The smallest absolute Gasteiger partial charge is 0.0539 e. The van der Waals surface area contributed by atoms with E-state index < -0.39 is 5.41 Å². The molecule has 0 saturated carbocycles. The maximum absolute atomic E-state index is 9.26. The van der Waals surface area contributed by atoms with Gasteiger partial charge in [-0.3, -0.25) is 0 Å². The monoisotopic (exact) mass is 190 g/mol. The molecule has 4 nitrogen and oxygen atoms in total.